The molecule has 21 heavy (non-hydrogen) atoms. The molecule has 1 N–H and O–H groups in total. The second-order valence-corrected chi connectivity index (χ2v) is 3.78. The van der Waals surface area contributed by atoms with Crippen molar-refractivity contribution in [1.29, 1.82) is 0 Å². The number of carboxylic acid groups (broad SMARTS) is 1. The largest absolute Gasteiger partial charge is 0.497 e. The van der Waals surface area contributed by atoms with Crippen LogP contribution in [-0.4, -0.2) is 40.3 Å². The summed E-state index contributed by atoms with van der Waals surface area (Å²) < 4.78 is 11.8. The average Bonchev–Trinajstić information content (AvgIpc) is 2.90. The molecule has 1 aromatic heterocycles. The van der Waals surface area contributed by atoms with Gasteiger partial charge in [0.2, 0.25) is 0 Å². The van der Waals surface area contributed by atoms with E-state index in [1.807, 2.05) is 13.8 Å². The minimum atomic E-state index is -1.12. The van der Waals surface area contributed by atoms with Crippen LogP contribution in [-0.2, 0) is 0 Å². The van der Waals surface area contributed by atoms with Crippen molar-refractivity contribution in [2.24, 2.45) is 0 Å². The summed E-state index contributed by atoms with van der Waals surface area (Å²) in [6.45, 7) is 5.63. The lowest BCUT2D eigenvalue weighted by atomic mass is 10.2. The number of carbonyl (C=O) groups is 1. The van der Waals surface area contributed by atoms with E-state index in [4.69, 9.17) is 14.6 Å². The predicted molar refractivity (Wildman–Crippen MR) is 77.5 cm³/mol. The Bertz CT molecular complexity index is 623. The lowest BCUT2D eigenvalue weighted by Gasteiger charge is -2.11. The van der Waals surface area contributed by atoms with Gasteiger partial charge in [0.15, 0.2) is 5.69 Å². The van der Waals surface area contributed by atoms with Crippen LogP contribution in [0.15, 0.2) is 18.2 Å². The minimum Gasteiger partial charge on any atom is -0.497 e. The SMILES string of the molecule is CC.COc1ccc(OC)c(-n2nnc(C(=O)O)c2C)c1. The van der Waals surface area contributed by atoms with E-state index in [9.17, 15) is 4.79 Å². The van der Waals surface area contributed by atoms with Gasteiger partial charge < -0.3 is 14.6 Å². The summed E-state index contributed by atoms with van der Waals surface area (Å²) >= 11 is 0. The molecule has 0 spiro atoms. The first-order valence-corrected chi connectivity index (χ1v) is 6.46. The maximum Gasteiger partial charge on any atom is 0.358 e. The molecule has 0 bridgehead atoms. The fraction of sp³-hybridized carbons (Fsp3) is 0.357. The third-order valence-electron chi connectivity index (χ3n) is 2.71. The van der Waals surface area contributed by atoms with Gasteiger partial charge in [0.25, 0.3) is 0 Å². The van der Waals surface area contributed by atoms with E-state index in [2.05, 4.69) is 10.3 Å². The van der Waals surface area contributed by atoms with Gasteiger partial charge in [0.05, 0.1) is 19.9 Å². The van der Waals surface area contributed by atoms with Crippen molar-refractivity contribution in [3.63, 3.8) is 0 Å². The maximum atomic E-state index is 11.0. The third-order valence-corrected chi connectivity index (χ3v) is 2.71. The van der Waals surface area contributed by atoms with Crippen LogP contribution in [0.2, 0.25) is 0 Å². The molecule has 0 radical (unpaired) electrons. The van der Waals surface area contributed by atoms with E-state index < -0.39 is 5.97 Å². The molecule has 114 valence electrons. The number of ether oxygens (including phenoxy) is 2. The second kappa shape index (κ2) is 7.28. The zero-order chi connectivity index (χ0) is 16.0. The summed E-state index contributed by atoms with van der Waals surface area (Å²) in [5.41, 5.74) is 0.892. The Morgan fingerprint density at radius 3 is 2.38 bits per heavy atom. The molecule has 0 fully saturated rings. The molecule has 0 atom stereocenters. The Hall–Kier alpha value is -2.57. The van der Waals surface area contributed by atoms with E-state index in [0.29, 0.717) is 22.9 Å². The van der Waals surface area contributed by atoms with Crippen molar-refractivity contribution in [3.8, 4) is 17.2 Å². The smallest absolute Gasteiger partial charge is 0.358 e. The molecule has 0 aliphatic carbocycles. The van der Waals surface area contributed by atoms with Crippen LogP contribution in [0.5, 0.6) is 11.5 Å². The van der Waals surface area contributed by atoms with E-state index in [0.717, 1.165) is 0 Å². The van der Waals surface area contributed by atoms with Crippen molar-refractivity contribution >= 4 is 5.97 Å². The Kier molecular flexibility index (Phi) is 5.71. The number of rotatable bonds is 4. The van der Waals surface area contributed by atoms with Gasteiger partial charge in [-0.3, -0.25) is 0 Å². The fourth-order valence-electron chi connectivity index (χ4n) is 1.72. The maximum absolute atomic E-state index is 11.0. The number of methoxy groups -OCH3 is 2. The molecule has 0 amide bonds. The molecule has 0 aliphatic heterocycles. The monoisotopic (exact) mass is 293 g/mol. The van der Waals surface area contributed by atoms with Crippen molar-refractivity contribution in [2.75, 3.05) is 14.2 Å². The summed E-state index contributed by atoms with van der Waals surface area (Å²) in [7, 11) is 3.07. The molecule has 0 aliphatic rings. The van der Waals surface area contributed by atoms with Crippen LogP contribution >= 0.6 is 0 Å². The van der Waals surface area contributed by atoms with Crippen LogP contribution in [0.1, 0.15) is 30.0 Å². The number of hydrogen-bond donors (Lipinski definition) is 1. The Labute approximate surface area is 123 Å². The second-order valence-electron chi connectivity index (χ2n) is 3.78. The molecule has 0 saturated heterocycles. The molecular formula is C14H19N3O4. The normalized spacial score (nSPS) is 9.57. The molecular weight excluding hydrogens is 274 g/mol. The van der Waals surface area contributed by atoms with Crippen molar-refractivity contribution < 1.29 is 19.4 Å². The van der Waals surface area contributed by atoms with Gasteiger partial charge in [0, 0.05) is 6.07 Å². The Morgan fingerprint density at radius 2 is 1.90 bits per heavy atom. The number of benzene rings is 1. The van der Waals surface area contributed by atoms with E-state index in [1.165, 1.54) is 11.8 Å². The highest BCUT2D eigenvalue weighted by molar-refractivity contribution is 5.86. The molecule has 7 nitrogen and oxygen atoms in total. The first kappa shape index (κ1) is 16.5. The van der Waals surface area contributed by atoms with Crippen molar-refractivity contribution in [1.82, 2.24) is 15.0 Å². The molecule has 2 aromatic rings. The molecule has 2 rings (SSSR count). The lowest BCUT2D eigenvalue weighted by Crippen LogP contribution is -2.04. The highest BCUT2D eigenvalue weighted by Gasteiger charge is 2.18. The third kappa shape index (κ3) is 3.31. The first-order valence-electron chi connectivity index (χ1n) is 6.46. The molecule has 1 aromatic carbocycles. The Morgan fingerprint density at radius 1 is 1.24 bits per heavy atom. The van der Waals surface area contributed by atoms with Crippen LogP contribution < -0.4 is 9.47 Å². The van der Waals surface area contributed by atoms with E-state index in [1.54, 1.807) is 32.2 Å². The quantitative estimate of drug-likeness (QED) is 0.931. The highest BCUT2D eigenvalue weighted by atomic mass is 16.5. The fourth-order valence-corrected chi connectivity index (χ4v) is 1.72. The van der Waals surface area contributed by atoms with Crippen LogP contribution in [0.3, 0.4) is 0 Å². The zero-order valence-electron chi connectivity index (χ0n) is 12.7. The number of carboxylic acids is 1. The summed E-state index contributed by atoms with van der Waals surface area (Å²) in [4.78, 5) is 11.0. The van der Waals surface area contributed by atoms with Crippen LogP contribution in [0, 0.1) is 6.92 Å². The van der Waals surface area contributed by atoms with E-state index in [-0.39, 0.29) is 5.69 Å². The Balaban J connectivity index is 0.00000106. The van der Waals surface area contributed by atoms with Gasteiger partial charge in [-0.25, -0.2) is 9.48 Å². The van der Waals surface area contributed by atoms with Gasteiger partial charge >= 0.3 is 5.97 Å². The summed E-state index contributed by atoms with van der Waals surface area (Å²) in [6.07, 6.45) is 0. The van der Waals surface area contributed by atoms with Gasteiger partial charge in [-0.05, 0) is 19.1 Å². The molecule has 0 saturated carbocycles. The van der Waals surface area contributed by atoms with E-state index >= 15 is 0 Å². The molecule has 7 heteroatoms. The molecule has 0 unspecified atom stereocenters. The molecule has 1 heterocycles. The number of aromatic nitrogens is 3. The zero-order valence-corrected chi connectivity index (χ0v) is 12.7. The summed E-state index contributed by atoms with van der Waals surface area (Å²) in [6, 6.07) is 5.16. The van der Waals surface area contributed by atoms with Crippen LogP contribution in [0.4, 0.5) is 0 Å². The number of nitrogens with zero attached hydrogens (tertiary/aromatic N) is 3. The number of hydrogen-bond acceptors (Lipinski definition) is 5. The first-order chi connectivity index (χ1) is 10.1. The lowest BCUT2D eigenvalue weighted by molar-refractivity contribution is 0.0689. The van der Waals surface area contributed by atoms with Crippen molar-refractivity contribution in [3.05, 3.63) is 29.6 Å². The van der Waals surface area contributed by atoms with Gasteiger partial charge in [0.1, 0.15) is 17.2 Å². The minimum absolute atomic E-state index is 0.0927. The van der Waals surface area contributed by atoms with Crippen molar-refractivity contribution in [2.45, 2.75) is 20.8 Å². The predicted octanol–water partition coefficient (Wildman–Crippen LogP) is 2.32. The average molecular weight is 293 g/mol. The highest BCUT2D eigenvalue weighted by Crippen LogP contribution is 2.28. The summed E-state index contributed by atoms with van der Waals surface area (Å²) in [5.74, 6) is 0.0407. The van der Waals surface area contributed by atoms with Gasteiger partial charge in [-0.1, -0.05) is 19.1 Å². The topological polar surface area (TPSA) is 86.5 Å². The van der Waals surface area contributed by atoms with Gasteiger partial charge in [-0.2, -0.15) is 0 Å². The van der Waals surface area contributed by atoms with Gasteiger partial charge in [-0.15, -0.1) is 5.10 Å². The van der Waals surface area contributed by atoms with Crippen LogP contribution in [0.25, 0.3) is 5.69 Å². The summed E-state index contributed by atoms with van der Waals surface area (Å²) in [5, 5.41) is 16.5. The standard InChI is InChI=1S/C12H13N3O4.C2H6/c1-7-11(12(16)17)13-14-15(7)9-6-8(18-2)4-5-10(9)19-3;1-2/h4-6H,1-3H3,(H,16,17);1-2H3. The number of aromatic carboxylic acids is 1.